The van der Waals surface area contributed by atoms with Gasteiger partial charge in [0.1, 0.15) is 0 Å². The molecule has 0 aliphatic rings. The molecule has 2 N–H and O–H groups in total. The molecule has 0 aliphatic heterocycles. The molecule has 1 aromatic carbocycles. The van der Waals surface area contributed by atoms with Crippen LogP contribution in [0.5, 0.6) is 0 Å². The molecule has 0 saturated heterocycles. The highest BCUT2D eigenvalue weighted by molar-refractivity contribution is 9.10. The lowest BCUT2D eigenvalue weighted by Crippen LogP contribution is -2.23. The maximum Gasteiger partial charge on any atom is 0.0772 e. The summed E-state index contributed by atoms with van der Waals surface area (Å²) in [6.07, 6.45) is -0.480. The van der Waals surface area contributed by atoms with Crippen LogP contribution in [0.25, 0.3) is 0 Å². The second-order valence-electron chi connectivity index (χ2n) is 4.14. The van der Waals surface area contributed by atoms with Gasteiger partial charge in [-0.1, -0.05) is 22.0 Å². The monoisotopic (exact) mass is 317 g/mol. The molecule has 5 heteroatoms. The largest absolute Gasteiger partial charge is 0.394 e. The van der Waals surface area contributed by atoms with Crippen LogP contribution in [0.4, 0.5) is 5.69 Å². The normalized spacial score (nSPS) is 12.5. The van der Waals surface area contributed by atoms with Gasteiger partial charge in [0.25, 0.3) is 0 Å². The van der Waals surface area contributed by atoms with E-state index in [0.29, 0.717) is 13.2 Å². The molecule has 0 spiro atoms. The van der Waals surface area contributed by atoms with E-state index in [4.69, 9.17) is 9.84 Å². The maximum atomic E-state index is 9.55. The summed E-state index contributed by atoms with van der Waals surface area (Å²) in [4.78, 5) is 2.06. The highest BCUT2D eigenvalue weighted by atomic mass is 79.9. The Morgan fingerprint density at radius 2 is 2.11 bits per heavy atom. The Labute approximate surface area is 116 Å². The number of halogens is 1. The summed E-state index contributed by atoms with van der Waals surface area (Å²) in [7, 11) is 1.98. The zero-order valence-electron chi connectivity index (χ0n) is 10.8. The summed E-state index contributed by atoms with van der Waals surface area (Å²) < 4.78 is 6.12. The molecule has 102 valence electrons. The Balaban J connectivity index is 2.58. The minimum absolute atomic E-state index is 0.0539. The van der Waals surface area contributed by atoms with Gasteiger partial charge in [0.15, 0.2) is 0 Å². The predicted molar refractivity (Wildman–Crippen MR) is 76.0 cm³/mol. The first kappa shape index (κ1) is 15.4. The fourth-order valence-electron chi connectivity index (χ4n) is 1.59. The number of anilines is 1. The summed E-state index contributed by atoms with van der Waals surface area (Å²) in [5.41, 5.74) is 1.93. The average molecular weight is 318 g/mol. The lowest BCUT2D eigenvalue weighted by atomic mass is 10.1. The SMILES string of the molecule is C[C@@H](O)c1ccc(N(C)CCOCCO)cc1Br. The molecule has 0 heterocycles. The quantitative estimate of drug-likeness (QED) is 0.755. The van der Waals surface area contributed by atoms with E-state index in [1.54, 1.807) is 6.92 Å². The topological polar surface area (TPSA) is 52.9 Å². The summed E-state index contributed by atoms with van der Waals surface area (Å²) in [6.45, 7) is 3.50. The molecule has 1 rings (SSSR count). The van der Waals surface area contributed by atoms with Gasteiger partial charge in [0, 0.05) is 23.8 Å². The molecular weight excluding hydrogens is 298 g/mol. The minimum atomic E-state index is -0.480. The maximum absolute atomic E-state index is 9.55. The molecule has 1 atom stereocenters. The van der Waals surface area contributed by atoms with Crippen molar-refractivity contribution in [1.29, 1.82) is 0 Å². The van der Waals surface area contributed by atoms with Crippen molar-refractivity contribution in [2.24, 2.45) is 0 Å². The first-order valence-corrected chi connectivity index (χ1v) is 6.72. The van der Waals surface area contributed by atoms with E-state index in [2.05, 4.69) is 20.8 Å². The molecule has 1 aromatic rings. The Bertz CT molecular complexity index is 371. The Morgan fingerprint density at radius 3 is 2.67 bits per heavy atom. The summed E-state index contributed by atoms with van der Waals surface area (Å²) >= 11 is 3.46. The van der Waals surface area contributed by atoms with Crippen molar-refractivity contribution in [3.63, 3.8) is 0 Å². The lowest BCUT2D eigenvalue weighted by molar-refractivity contribution is 0.0971. The van der Waals surface area contributed by atoms with Crippen molar-refractivity contribution in [2.75, 3.05) is 38.3 Å². The standard InChI is InChI=1S/C13H20BrNO3/c1-10(17)12-4-3-11(9-13(12)14)15(2)5-7-18-8-6-16/h3-4,9-10,16-17H,5-8H2,1-2H3/t10-/m1/s1. The van der Waals surface area contributed by atoms with Crippen LogP contribution in [-0.2, 0) is 4.74 Å². The minimum Gasteiger partial charge on any atom is -0.394 e. The second-order valence-corrected chi connectivity index (χ2v) is 4.99. The Hall–Kier alpha value is -0.620. The van der Waals surface area contributed by atoms with E-state index < -0.39 is 6.10 Å². The first-order chi connectivity index (χ1) is 8.56. The third-order valence-electron chi connectivity index (χ3n) is 2.68. The average Bonchev–Trinajstić information content (AvgIpc) is 2.33. The first-order valence-electron chi connectivity index (χ1n) is 5.93. The van der Waals surface area contributed by atoms with Crippen LogP contribution in [0.3, 0.4) is 0 Å². The van der Waals surface area contributed by atoms with E-state index in [9.17, 15) is 5.11 Å². The van der Waals surface area contributed by atoms with Gasteiger partial charge in [-0.2, -0.15) is 0 Å². The van der Waals surface area contributed by atoms with E-state index in [-0.39, 0.29) is 6.61 Å². The number of ether oxygens (including phenoxy) is 1. The fraction of sp³-hybridized carbons (Fsp3) is 0.538. The van der Waals surface area contributed by atoms with E-state index >= 15 is 0 Å². The molecule has 0 radical (unpaired) electrons. The van der Waals surface area contributed by atoms with Gasteiger partial charge in [0.05, 0.1) is 25.9 Å². The van der Waals surface area contributed by atoms with Crippen molar-refractivity contribution in [1.82, 2.24) is 0 Å². The van der Waals surface area contributed by atoms with E-state index in [1.165, 1.54) is 0 Å². The zero-order valence-corrected chi connectivity index (χ0v) is 12.4. The van der Waals surface area contributed by atoms with Gasteiger partial charge in [-0.15, -0.1) is 0 Å². The molecule has 4 nitrogen and oxygen atoms in total. The number of nitrogens with zero attached hydrogens (tertiary/aromatic N) is 1. The third-order valence-corrected chi connectivity index (χ3v) is 3.37. The molecule has 0 amide bonds. The van der Waals surface area contributed by atoms with Crippen molar-refractivity contribution in [3.05, 3.63) is 28.2 Å². The number of hydrogen-bond donors (Lipinski definition) is 2. The molecule has 0 fully saturated rings. The van der Waals surface area contributed by atoms with Crippen molar-refractivity contribution < 1.29 is 14.9 Å². The molecule has 0 aromatic heterocycles. The number of benzene rings is 1. The summed E-state index contributed by atoms with van der Waals surface area (Å²) in [5.74, 6) is 0. The highest BCUT2D eigenvalue weighted by Gasteiger charge is 2.08. The number of likely N-dealkylation sites (N-methyl/N-ethyl adjacent to an activating group) is 1. The van der Waals surface area contributed by atoms with E-state index in [1.807, 2.05) is 25.2 Å². The summed E-state index contributed by atoms with van der Waals surface area (Å²) in [6, 6.07) is 5.86. The smallest absolute Gasteiger partial charge is 0.0772 e. The van der Waals surface area contributed by atoms with Crippen LogP contribution in [0, 0.1) is 0 Å². The number of rotatable bonds is 7. The van der Waals surface area contributed by atoms with Crippen LogP contribution in [0.15, 0.2) is 22.7 Å². The van der Waals surface area contributed by atoms with Crippen LogP contribution in [0.2, 0.25) is 0 Å². The third kappa shape index (κ3) is 4.57. The van der Waals surface area contributed by atoms with Gasteiger partial charge in [0.2, 0.25) is 0 Å². The zero-order chi connectivity index (χ0) is 13.5. The van der Waals surface area contributed by atoms with Crippen LogP contribution in [0.1, 0.15) is 18.6 Å². The van der Waals surface area contributed by atoms with Gasteiger partial charge in [-0.25, -0.2) is 0 Å². The molecule has 0 aliphatic carbocycles. The lowest BCUT2D eigenvalue weighted by Gasteiger charge is -2.20. The van der Waals surface area contributed by atoms with Crippen LogP contribution >= 0.6 is 15.9 Å². The Kier molecular flexibility index (Phi) is 6.63. The van der Waals surface area contributed by atoms with Crippen LogP contribution < -0.4 is 4.90 Å². The second kappa shape index (κ2) is 7.74. The van der Waals surface area contributed by atoms with Crippen molar-refractivity contribution >= 4 is 21.6 Å². The van der Waals surface area contributed by atoms with Gasteiger partial charge in [-0.05, 0) is 24.6 Å². The van der Waals surface area contributed by atoms with Crippen molar-refractivity contribution in [2.45, 2.75) is 13.0 Å². The van der Waals surface area contributed by atoms with Gasteiger partial charge in [-0.3, -0.25) is 0 Å². The summed E-state index contributed by atoms with van der Waals surface area (Å²) in [5, 5.41) is 18.1. The van der Waals surface area contributed by atoms with Gasteiger partial charge < -0.3 is 19.8 Å². The molecule has 0 unspecified atom stereocenters. The highest BCUT2D eigenvalue weighted by Crippen LogP contribution is 2.27. The molecule has 0 saturated carbocycles. The predicted octanol–water partition coefficient (Wildman–Crippen LogP) is 1.95. The fourth-order valence-corrected chi connectivity index (χ4v) is 2.29. The molecular formula is C13H20BrNO3. The van der Waals surface area contributed by atoms with Crippen molar-refractivity contribution in [3.8, 4) is 0 Å². The van der Waals surface area contributed by atoms with Gasteiger partial charge >= 0.3 is 0 Å². The molecule has 0 bridgehead atoms. The Morgan fingerprint density at radius 1 is 1.39 bits per heavy atom. The van der Waals surface area contributed by atoms with Crippen LogP contribution in [-0.4, -0.2) is 43.6 Å². The number of aliphatic hydroxyl groups is 2. The molecule has 18 heavy (non-hydrogen) atoms. The number of aliphatic hydroxyl groups excluding tert-OH is 2. The number of hydrogen-bond acceptors (Lipinski definition) is 4. The van der Waals surface area contributed by atoms with E-state index in [0.717, 1.165) is 22.3 Å².